The Morgan fingerprint density at radius 1 is 1.16 bits per heavy atom. The van der Waals surface area contributed by atoms with E-state index < -0.39 is 11.8 Å². The Kier molecular flexibility index (Phi) is 5.94. The van der Waals surface area contributed by atoms with Gasteiger partial charge in [0.05, 0.1) is 23.2 Å². The number of primary amides is 1. The monoisotopic (exact) mass is 339 g/mol. The minimum Gasteiger partial charge on any atom is -0.366 e. The summed E-state index contributed by atoms with van der Waals surface area (Å²) in [7, 11) is 0. The van der Waals surface area contributed by atoms with Gasteiger partial charge in [0.2, 0.25) is 5.91 Å². The van der Waals surface area contributed by atoms with E-state index in [4.69, 9.17) is 5.73 Å². The van der Waals surface area contributed by atoms with Crippen LogP contribution in [0.25, 0.3) is 0 Å². The molecule has 0 fully saturated rings. The van der Waals surface area contributed by atoms with Gasteiger partial charge in [0.15, 0.2) is 0 Å². The number of amides is 3. The van der Waals surface area contributed by atoms with Gasteiger partial charge in [-0.05, 0) is 31.2 Å². The zero-order chi connectivity index (χ0) is 18.2. The lowest BCUT2D eigenvalue weighted by Gasteiger charge is -2.08. The third kappa shape index (κ3) is 5.24. The fourth-order valence-corrected chi connectivity index (χ4v) is 1.98. The van der Waals surface area contributed by atoms with Crippen LogP contribution in [0.3, 0.4) is 0 Å². The molecule has 25 heavy (non-hydrogen) atoms. The number of pyridine rings is 1. The largest absolute Gasteiger partial charge is 0.366 e. The van der Waals surface area contributed by atoms with Crippen LogP contribution in [0.4, 0.5) is 5.69 Å². The molecule has 0 saturated heterocycles. The Balaban J connectivity index is 1.94. The summed E-state index contributed by atoms with van der Waals surface area (Å²) in [6.07, 6.45) is 2.91. The van der Waals surface area contributed by atoms with E-state index in [1.165, 1.54) is 12.3 Å². The first-order chi connectivity index (χ1) is 12.0. The molecule has 1 heterocycles. The Labute approximate surface area is 144 Å². The molecule has 0 saturated carbocycles. The van der Waals surface area contributed by atoms with Crippen LogP contribution >= 0.6 is 0 Å². The summed E-state index contributed by atoms with van der Waals surface area (Å²) < 4.78 is 0. The van der Waals surface area contributed by atoms with Crippen LogP contribution in [0.5, 0.6) is 0 Å². The van der Waals surface area contributed by atoms with Crippen molar-refractivity contribution in [2.24, 2.45) is 10.8 Å². The Hall–Kier alpha value is -3.55. The Bertz CT molecular complexity index is 818. The van der Waals surface area contributed by atoms with Crippen molar-refractivity contribution in [1.29, 1.82) is 0 Å². The second kappa shape index (κ2) is 8.34. The topological polar surface area (TPSA) is 127 Å². The lowest BCUT2D eigenvalue weighted by Crippen LogP contribution is -2.22. The van der Waals surface area contributed by atoms with Crippen molar-refractivity contribution in [2.45, 2.75) is 13.3 Å². The Morgan fingerprint density at radius 2 is 1.92 bits per heavy atom. The van der Waals surface area contributed by atoms with E-state index in [-0.39, 0.29) is 17.9 Å². The fraction of sp³-hybridized carbons (Fsp3) is 0.118. The van der Waals surface area contributed by atoms with Crippen LogP contribution in [0.1, 0.15) is 34.1 Å². The van der Waals surface area contributed by atoms with E-state index in [2.05, 4.69) is 20.8 Å². The molecular weight excluding hydrogens is 322 g/mol. The Morgan fingerprint density at radius 3 is 2.60 bits per heavy atom. The molecule has 128 valence electrons. The molecule has 8 nitrogen and oxygen atoms in total. The van der Waals surface area contributed by atoms with E-state index >= 15 is 0 Å². The quantitative estimate of drug-likeness (QED) is 0.542. The molecule has 0 unspecified atom stereocenters. The number of hydrazone groups is 1. The molecule has 0 spiro atoms. The van der Waals surface area contributed by atoms with Crippen molar-refractivity contribution in [3.8, 4) is 0 Å². The number of hydrogen-bond donors (Lipinski definition) is 3. The number of benzene rings is 1. The average Bonchev–Trinajstić information content (AvgIpc) is 2.60. The number of nitrogens with one attached hydrogen (secondary N) is 2. The van der Waals surface area contributed by atoms with Crippen molar-refractivity contribution < 1.29 is 14.4 Å². The molecule has 0 bridgehead atoms. The van der Waals surface area contributed by atoms with Gasteiger partial charge < -0.3 is 11.1 Å². The van der Waals surface area contributed by atoms with Gasteiger partial charge in [0.1, 0.15) is 0 Å². The smallest absolute Gasteiger partial charge is 0.272 e. The molecular formula is C17H17N5O3. The van der Waals surface area contributed by atoms with Gasteiger partial charge in [-0.25, -0.2) is 5.43 Å². The first-order valence-electron chi connectivity index (χ1n) is 7.39. The molecule has 0 aliphatic carbocycles. The molecule has 2 aromatic rings. The van der Waals surface area contributed by atoms with Crippen LogP contribution in [-0.4, -0.2) is 28.4 Å². The molecule has 0 aliphatic heterocycles. The number of nitrogens with zero attached hydrogens (tertiary/aromatic N) is 2. The maximum Gasteiger partial charge on any atom is 0.272 e. The third-order valence-corrected chi connectivity index (χ3v) is 3.16. The highest BCUT2D eigenvalue weighted by Gasteiger charge is 2.11. The van der Waals surface area contributed by atoms with E-state index in [9.17, 15) is 14.4 Å². The highest BCUT2D eigenvalue weighted by atomic mass is 16.2. The summed E-state index contributed by atoms with van der Waals surface area (Å²) >= 11 is 0. The van der Waals surface area contributed by atoms with E-state index in [0.29, 0.717) is 17.0 Å². The van der Waals surface area contributed by atoms with Crippen molar-refractivity contribution in [2.75, 3.05) is 5.32 Å². The number of aromatic nitrogens is 1. The first kappa shape index (κ1) is 17.8. The van der Waals surface area contributed by atoms with E-state index in [0.717, 1.165) is 0 Å². The van der Waals surface area contributed by atoms with Crippen LogP contribution in [0, 0.1) is 0 Å². The van der Waals surface area contributed by atoms with Crippen molar-refractivity contribution in [3.05, 3.63) is 59.9 Å². The molecule has 0 aliphatic rings. The maximum absolute atomic E-state index is 12.0. The van der Waals surface area contributed by atoms with Gasteiger partial charge >= 0.3 is 0 Å². The second-order valence-corrected chi connectivity index (χ2v) is 5.16. The number of carbonyl (C=O) groups excluding carboxylic acids is 3. The molecule has 8 heteroatoms. The summed E-state index contributed by atoms with van der Waals surface area (Å²) in [5.41, 5.74) is 8.91. The lowest BCUT2D eigenvalue weighted by atomic mass is 10.1. The van der Waals surface area contributed by atoms with Gasteiger partial charge in [-0.2, -0.15) is 5.10 Å². The normalized spacial score (nSPS) is 10.8. The minimum atomic E-state index is -0.634. The summed E-state index contributed by atoms with van der Waals surface area (Å²) in [6.45, 7) is 1.60. The fourth-order valence-electron chi connectivity index (χ4n) is 1.98. The lowest BCUT2D eigenvalue weighted by molar-refractivity contribution is -0.115. The highest BCUT2D eigenvalue weighted by molar-refractivity contribution is 6.09. The molecule has 1 aromatic heterocycles. The number of para-hydroxylation sites is 1. The summed E-state index contributed by atoms with van der Waals surface area (Å²) in [5, 5.41) is 6.48. The molecule has 2 rings (SSSR count). The molecule has 4 N–H and O–H groups in total. The molecule has 0 radical (unpaired) electrons. The summed E-state index contributed by atoms with van der Waals surface area (Å²) in [5.74, 6) is -1.44. The number of rotatable bonds is 6. The van der Waals surface area contributed by atoms with Gasteiger partial charge in [-0.15, -0.1) is 0 Å². The predicted octanol–water partition coefficient (Wildman–Crippen LogP) is 1.31. The van der Waals surface area contributed by atoms with E-state index in [1.807, 2.05) is 0 Å². The van der Waals surface area contributed by atoms with Crippen molar-refractivity contribution >= 4 is 29.1 Å². The summed E-state index contributed by atoms with van der Waals surface area (Å²) in [6, 6.07) is 9.66. The molecule has 0 atom stereocenters. The number of nitrogens with two attached hydrogens (primary N) is 1. The van der Waals surface area contributed by atoms with Gasteiger partial charge in [-0.3, -0.25) is 19.4 Å². The number of carbonyl (C=O) groups is 3. The molecule has 1 aromatic carbocycles. The highest BCUT2D eigenvalue weighted by Crippen LogP contribution is 2.14. The zero-order valence-electron chi connectivity index (χ0n) is 13.5. The van der Waals surface area contributed by atoms with Crippen LogP contribution < -0.4 is 16.5 Å². The maximum atomic E-state index is 12.0. The third-order valence-electron chi connectivity index (χ3n) is 3.16. The van der Waals surface area contributed by atoms with Gasteiger partial charge in [-0.1, -0.05) is 12.1 Å². The van der Waals surface area contributed by atoms with E-state index in [1.54, 1.807) is 43.5 Å². The minimum absolute atomic E-state index is 0.0551. The number of anilines is 1. The van der Waals surface area contributed by atoms with Crippen molar-refractivity contribution in [1.82, 2.24) is 10.4 Å². The van der Waals surface area contributed by atoms with Crippen molar-refractivity contribution in [3.63, 3.8) is 0 Å². The predicted molar refractivity (Wildman–Crippen MR) is 93.0 cm³/mol. The van der Waals surface area contributed by atoms with Gasteiger partial charge in [0, 0.05) is 18.1 Å². The van der Waals surface area contributed by atoms with Crippen LogP contribution in [0.2, 0.25) is 0 Å². The van der Waals surface area contributed by atoms with Gasteiger partial charge in [0.25, 0.3) is 11.8 Å². The number of hydrogen-bond acceptors (Lipinski definition) is 5. The second-order valence-electron chi connectivity index (χ2n) is 5.16. The summed E-state index contributed by atoms with van der Waals surface area (Å²) in [4.78, 5) is 39.1. The average molecular weight is 339 g/mol. The van der Waals surface area contributed by atoms with Crippen LogP contribution in [0.15, 0.2) is 53.9 Å². The molecule has 3 amide bonds. The van der Waals surface area contributed by atoms with Crippen LogP contribution in [-0.2, 0) is 4.79 Å². The SMILES string of the molecule is CC(CC(=O)Nc1ccccc1C(N)=O)=NNC(=O)c1cccnc1. The standard InChI is InChI=1S/C17H17N5O3/c1-11(21-22-17(25)12-5-4-8-19-10-12)9-15(23)20-14-7-3-2-6-13(14)16(18)24/h2-8,10H,9H2,1H3,(H2,18,24)(H,20,23)(H,22,25). The zero-order valence-corrected chi connectivity index (χ0v) is 13.5. The first-order valence-corrected chi connectivity index (χ1v) is 7.39.